The van der Waals surface area contributed by atoms with E-state index in [9.17, 15) is 18.0 Å². The highest BCUT2D eigenvalue weighted by Gasteiger charge is 2.28. The molecule has 2 aromatic carbocycles. The van der Waals surface area contributed by atoms with Crippen LogP contribution in [0.3, 0.4) is 0 Å². The minimum atomic E-state index is -3.62. The SMILES string of the molecule is CC[C@@H](C(=O)NC)N(Cc1ccc(OC)cc1)C(=O)CCCN(c1ccc2c(c1)OCCO2)S(C)(=O)=O. The van der Waals surface area contributed by atoms with E-state index in [-0.39, 0.29) is 37.7 Å². The fraction of sp³-hybridized carbons (Fsp3) is 0.462. The van der Waals surface area contributed by atoms with Crippen molar-refractivity contribution >= 4 is 27.5 Å². The molecular weight excluding hydrogens is 498 g/mol. The molecule has 37 heavy (non-hydrogen) atoms. The Hall–Kier alpha value is -3.47. The van der Waals surface area contributed by atoms with Crippen molar-refractivity contribution in [1.29, 1.82) is 0 Å². The highest BCUT2D eigenvalue weighted by molar-refractivity contribution is 7.92. The van der Waals surface area contributed by atoms with E-state index in [4.69, 9.17) is 14.2 Å². The Kier molecular flexibility index (Phi) is 9.62. The molecule has 202 valence electrons. The molecule has 0 unspecified atom stereocenters. The van der Waals surface area contributed by atoms with Crippen LogP contribution in [-0.2, 0) is 26.2 Å². The molecule has 1 aliphatic heterocycles. The van der Waals surface area contributed by atoms with Gasteiger partial charge in [0.15, 0.2) is 11.5 Å². The van der Waals surface area contributed by atoms with E-state index in [1.807, 2.05) is 19.1 Å². The molecule has 1 aliphatic rings. The monoisotopic (exact) mass is 533 g/mol. The minimum Gasteiger partial charge on any atom is -0.497 e. The van der Waals surface area contributed by atoms with Crippen molar-refractivity contribution in [1.82, 2.24) is 10.2 Å². The van der Waals surface area contributed by atoms with Gasteiger partial charge in [-0.2, -0.15) is 0 Å². The number of rotatable bonds is 12. The first-order valence-electron chi connectivity index (χ1n) is 12.2. The molecule has 0 radical (unpaired) electrons. The van der Waals surface area contributed by atoms with Crippen LogP contribution in [0.2, 0.25) is 0 Å². The van der Waals surface area contributed by atoms with Crippen LogP contribution in [0.5, 0.6) is 17.2 Å². The zero-order chi connectivity index (χ0) is 27.0. The summed E-state index contributed by atoms with van der Waals surface area (Å²) in [7, 11) is -0.502. The van der Waals surface area contributed by atoms with E-state index in [0.29, 0.717) is 42.6 Å². The van der Waals surface area contributed by atoms with E-state index < -0.39 is 16.1 Å². The fourth-order valence-corrected chi connectivity index (χ4v) is 5.16. The Balaban J connectivity index is 1.75. The first kappa shape index (κ1) is 28.1. The molecule has 0 aromatic heterocycles. The topological polar surface area (TPSA) is 114 Å². The second-order valence-corrected chi connectivity index (χ2v) is 10.6. The van der Waals surface area contributed by atoms with Gasteiger partial charge in [-0.25, -0.2) is 8.42 Å². The average molecular weight is 534 g/mol. The molecule has 2 amide bonds. The molecule has 11 heteroatoms. The second-order valence-electron chi connectivity index (χ2n) is 8.67. The first-order chi connectivity index (χ1) is 17.7. The Bertz CT molecular complexity index is 1190. The van der Waals surface area contributed by atoms with Crippen molar-refractivity contribution in [3.05, 3.63) is 48.0 Å². The lowest BCUT2D eigenvalue weighted by Crippen LogP contribution is -2.48. The van der Waals surface area contributed by atoms with Crippen LogP contribution in [0.25, 0.3) is 0 Å². The van der Waals surface area contributed by atoms with Gasteiger partial charge in [-0.3, -0.25) is 13.9 Å². The van der Waals surface area contributed by atoms with Crippen LogP contribution in [0.4, 0.5) is 5.69 Å². The van der Waals surface area contributed by atoms with E-state index in [0.717, 1.165) is 11.8 Å². The first-order valence-corrected chi connectivity index (χ1v) is 14.0. The zero-order valence-electron chi connectivity index (χ0n) is 21.7. The van der Waals surface area contributed by atoms with Crippen molar-refractivity contribution in [3.8, 4) is 17.2 Å². The van der Waals surface area contributed by atoms with Crippen molar-refractivity contribution < 1.29 is 32.2 Å². The van der Waals surface area contributed by atoms with Crippen LogP contribution in [-0.4, -0.2) is 71.3 Å². The number of nitrogens with one attached hydrogen (secondary N) is 1. The number of likely N-dealkylation sites (N-methyl/N-ethyl adjacent to an activating group) is 1. The Morgan fingerprint density at radius 3 is 2.35 bits per heavy atom. The van der Waals surface area contributed by atoms with Crippen molar-refractivity contribution in [2.75, 3.05) is 44.5 Å². The maximum atomic E-state index is 13.4. The Morgan fingerprint density at radius 1 is 1.08 bits per heavy atom. The van der Waals surface area contributed by atoms with Gasteiger partial charge in [0, 0.05) is 32.6 Å². The summed E-state index contributed by atoms with van der Waals surface area (Å²) in [5.41, 5.74) is 1.29. The largest absolute Gasteiger partial charge is 0.497 e. The lowest BCUT2D eigenvalue weighted by Gasteiger charge is -2.31. The number of anilines is 1. The van der Waals surface area contributed by atoms with Gasteiger partial charge in [0.1, 0.15) is 25.0 Å². The van der Waals surface area contributed by atoms with Crippen molar-refractivity contribution in [2.24, 2.45) is 0 Å². The van der Waals surface area contributed by atoms with E-state index in [1.54, 1.807) is 49.4 Å². The van der Waals surface area contributed by atoms with Crippen LogP contribution in [0.1, 0.15) is 31.7 Å². The fourth-order valence-electron chi connectivity index (χ4n) is 4.20. The second kappa shape index (κ2) is 12.7. The maximum absolute atomic E-state index is 13.4. The zero-order valence-corrected chi connectivity index (χ0v) is 22.5. The highest BCUT2D eigenvalue weighted by atomic mass is 32.2. The van der Waals surface area contributed by atoms with Gasteiger partial charge in [-0.05, 0) is 42.7 Å². The van der Waals surface area contributed by atoms with Gasteiger partial charge < -0.3 is 24.4 Å². The van der Waals surface area contributed by atoms with Gasteiger partial charge in [0.25, 0.3) is 0 Å². The minimum absolute atomic E-state index is 0.0697. The number of sulfonamides is 1. The van der Waals surface area contributed by atoms with Crippen molar-refractivity contribution in [2.45, 2.75) is 38.8 Å². The number of fused-ring (bicyclic) bond motifs is 1. The summed E-state index contributed by atoms with van der Waals surface area (Å²) in [5.74, 6) is 1.25. The smallest absolute Gasteiger partial charge is 0.242 e. The third-order valence-corrected chi connectivity index (χ3v) is 7.30. The normalized spacial score (nSPS) is 13.4. The van der Waals surface area contributed by atoms with E-state index in [1.165, 1.54) is 4.31 Å². The molecule has 0 spiro atoms. The van der Waals surface area contributed by atoms with Gasteiger partial charge in [0.2, 0.25) is 21.8 Å². The lowest BCUT2D eigenvalue weighted by molar-refractivity contribution is -0.141. The molecule has 1 atom stereocenters. The number of ether oxygens (including phenoxy) is 3. The number of benzene rings is 2. The van der Waals surface area contributed by atoms with Crippen LogP contribution in [0, 0.1) is 0 Å². The predicted octanol–water partition coefficient (Wildman–Crippen LogP) is 2.57. The number of hydrogen-bond acceptors (Lipinski definition) is 7. The summed E-state index contributed by atoms with van der Waals surface area (Å²) >= 11 is 0. The van der Waals surface area contributed by atoms with Gasteiger partial charge >= 0.3 is 0 Å². The standard InChI is InChI=1S/C26H35N3O7S/c1-5-22(26(31)27-2)28(18-19-8-11-21(34-3)12-9-19)25(30)7-6-14-29(37(4,32)33)20-10-13-23-24(17-20)36-16-15-35-23/h8-13,17,22H,5-7,14-16,18H2,1-4H3,(H,27,31)/t22-/m0/s1. The summed E-state index contributed by atoms with van der Waals surface area (Å²) in [5, 5.41) is 2.63. The summed E-state index contributed by atoms with van der Waals surface area (Å²) in [6.45, 7) is 3.01. The van der Waals surface area contributed by atoms with Gasteiger partial charge in [-0.1, -0.05) is 19.1 Å². The number of hydrogen-bond donors (Lipinski definition) is 1. The predicted molar refractivity (Wildman–Crippen MR) is 141 cm³/mol. The van der Waals surface area contributed by atoms with Gasteiger partial charge in [-0.15, -0.1) is 0 Å². The van der Waals surface area contributed by atoms with E-state index in [2.05, 4.69) is 5.32 Å². The molecule has 0 bridgehead atoms. The molecule has 0 saturated carbocycles. The highest BCUT2D eigenvalue weighted by Crippen LogP contribution is 2.34. The molecule has 3 rings (SSSR count). The van der Waals surface area contributed by atoms with Gasteiger partial charge in [0.05, 0.1) is 19.1 Å². The third-order valence-electron chi connectivity index (χ3n) is 6.11. The van der Waals surface area contributed by atoms with Crippen LogP contribution < -0.4 is 23.8 Å². The molecular formula is C26H35N3O7S. The maximum Gasteiger partial charge on any atom is 0.242 e. The Morgan fingerprint density at radius 2 is 1.76 bits per heavy atom. The summed E-state index contributed by atoms with van der Waals surface area (Å²) in [4.78, 5) is 27.5. The molecule has 1 heterocycles. The van der Waals surface area contributed by atoms with Crippen LogP contribution >= 0.6 is 0 Å². The number of carbonyl (C=O) groups excluding carboxylic acids is 2. The average Bonchev–Trinajstić information content (AvgIpc) is 2.90. The molecule has 0 saturated heterocycles. The molecule has 0 aliphatic carbocycles. The Labute approximate surface area is 218 Å². The molecule has 0 fully saturated rings. The summed E-state index contributed by atoms with van der Waals surface area (Å²) in [6, 6.07) is 11.6. The number of amides is 2. The molecule has 1 N–H and O–H groups in total. The lowest BCUT2D eigenvalue weighted by atomic mass is 10.1. The number of carbonyl (C=O) groups is 2. The number of methoxy groups -OCH3 is 1. The summed E-state index contributed by atoms with van der Waals surface area (Å²) in [6.07, 6.45) is 1.90. The quantitative estimate of drug-likeness (QED) is 0.446. The molecule has 2 aromatic rings. The van der Waals surface area contributed by atoms with E-state index >= 15 is 0 Å². The van der Waals surface area contributed by atoms with Crippen molar-refractivity contribution in [3.63, 3.8) is 0 Å². The van der Waals surface area contributed by atoms with Crippen LogP contribution in [0.15, 0.2) is 42.5 Å². The third kappa shape index (κ3) is 7.28. The number of nitrogens with zero attached hydrogens (tertiary/aromatic N) is 2. The molecule has 10 nitrogen and oxygen atoms in total. The summed E-state index contributed by atoms with van der Waals surface area (Å²) < 4.78 is 42.7.